The molecule has 0 radical (unpaired) electrons. The summed E-state index contributed by atoms with van der Waals surface area (Å²) in [5.74, 6) is 0.209. The molecule has 0 spiro atoms. The van der Waals surface area contributed by atoms with Gasteiger partial charge in [-0.3, -0.25) is 0 Å². The number of hydrogen-bond donors (Lipinski definition) is 2. The fourth-order valence-corrected chi connectivity index (χ4v) is 1.75. The molecule has 22 heavy (non-hydrogen) atoms. The standard InChI is InChI=1S/C16H32N6/c1-3-5-7-9-11-13-19-21-15(17)16(18)22-20-14-12-10-8-6-4-2/h13-14H,3-12H2,1-2H3,(H2,17,21)(H2,18,22)/b19-13-,20-14+. The largest absolute Gasteiger partial charge is 0.379 e. The molecule has 0 aromatic heterocycles. The lowest BCUT2D eigenvalue weighted by molar-refractivity contribution is 0.685. The highest BCUT2D eigenvalue weighted by atomic mass is 15.3. The molecule has 6 heteroatoms. The molecule has 0 aliphatic heterocycles. The van der Waals surface area contributed by atoms with Gasteiger partial charge in [0.25, 0.3) is 0 Å². The molecule has 0 aromatic carbocycles. The molecule has 0 unspecified atom stereocenters. The van der Waals surface area contributed by atoms with E-state index in [1.54, 1.807) is 12.4 Å². The summed E-state index contributed by atoms with van der Waals surface area (Å²) in [5, 5.41) is 15.4. The first-order chi connectivity index (χ1) is 10.7. The van der Waals surface area contributed by atoms with Crippen LogP contribution in [-0.4, -0.2) is 24.1 Å². The molecule has 0 aliphatic carbocycles. The second kappa shape index (κ2) is 15.7. The summed E-state index contributed by atoms with van der Waals surface area (Å²) in [7, 11) is 0. The van der Waals surface area contributed by atoms with Crippen LogP contribution in [0, 0.1) is 0 Å². The Morgan fingerprint density at radius 3 is 1.45 bits per heavy atom. The fourth-order valence-electron chi connectivity index (χ4n) is 1.75. The van der Waals surface area contributed by atoms with Gasteiger partial charge in [0.15, 0.2) is 11.7 Å². The molecule has 126 valence electrons. The lowest BCUT2D eigenvalue weighted by Crippen LogP contribution is -2.30. The topological polar surface area (TPSA) is 101 Å². The number of amidine groups is 2. The highest BCUT2D eigenvalue weighted by molar-refractivity contribution is 6.39. The van der Waals surface area contributed by atoms with Crippen molar-refractivity contribution in [3.63, 3.8) is 0 Å². The molecule has 0 rings (SSSR count). The van der Waals surface area contributed by atoms with Gasteiger partial charge >= 0.3 is 0 Å². The van der Waals surface area contributed by atoms with Crippen molar-refractivity contribution >= 4 is 24.1 Å². The normalized spacial score (nSPS) is 13.5. The van der Waals surface area contributed by atoms with Crippen LogP contribution in [0.1, 0.15) is 78.1 Å². The van der Waals surface area contributed by atoms with E-state index in [-0.39, 0.29) is 11.7 Å². The molecule has 0 saturated heterocycles. The van der Waals surface area contributed by atoms with Crippen molar-refractivity contribution < 1.29 is 0 Å². The van der Waals surface area contributed by atoms with Gasteiger partial charge in [-0.05, 0) is 25.7 Å². The molecule has 0 amide bonds. The maximum absolute atomic E-state index is 5.67. The molecular formula is C16H32N6. The molecule has 0 fully saturated rings. The lowest BCUT2D eigenvalue weighted by Gasteiger charge is -1.95. The number of nitrogens with zero attached hydrogens (tertiary/aromatic N) is 4. The average molecular weight is 308 g/mol. The van der Waals surface area contributed by atoms with Gasteiger partial charge in [-0.25, -0.2) is 0 Å². The van der Waals surface area contributed by atoms with E-state index in [1.807, 2.05) is 0 Å². The zero-order valence-electron chi connectivity index (χ0n) is 14.2. The van der Waals surface area contributed by atoms with Gasteiger partial charge < -0.3 is 11.5 Å². The minimum Gasteiger partial charge on any atom is -0.379 e. The van der Waals surface area contributed by atoms with Crippen LogP contribution in [0.4, 0.5) is 0 Å². The van der Waals surface area contributed by atoms with Crippen molar-refractivity contribution in [3.8, 4) is 0 Å². The molecular weight excluding hydrogens is 276 g/mol. The predicted octanol–water partition coefficient (Wildman–Crippen LogP) is 3.61. The van der Waals surface area contributed by atoms with Crippen molar-refractivity contribution in [2.75, 3.05) is 0 Å². The Morgan fingerprint density at radius 2 is 1.09 bits per heavy atom. The summed E-state index contributed by atoms with van der Waals surface area (Å²) in [6, 6.07) is 0. The van der Waals surface area contributed by atoms with E-state index >= 15 is 0 Å². The highest BCUT2D eigenvalue weighted by Gasteiger charge is 1.96. The molecule has 0 aromatic rings. The van der Waals surface area contributed by atoms with Crippen LogP contribution in [0.5, 0.6) is 0 Å². The van der Waals surface area contributed by atoms with Crippen molar-refractivity contribution in [2.45, 2.75) is 78.1 Å². The molecule has 0 atom stereocenters. The van der Waals surface area contributed by atoms with Crippen LogP contribution in [0.2, 0.25) is 0 Å². The van der Waals surface area contributed by atoms with Gasteiger partial charge in [-0.2, -0.15) is 10.2 Å². The first-order valence-electron chi connectivity index (χ1n) is 8.42. The summed E-state index contributed by atoms with van der Waals surface area (Å²) in [6.07, 6.45) is 15.0. The lowest BCUT2D eigenvalue weighted by atomic mass is 10.2. The summed E-state index contributed by atoms with van der Waals surface area (Å²) < 4.78 is 0. The van der Waals surface area contributed by atoms with E-state index in [2.05, 4.69) is 34.3 Å². The number of hydrogen-bond acceptors (Lipinski definition) is 4. The Bertz CT molecular complexity index is 335. The third-order valence-electron chi connectivity index (χ3n) is 3.13. The molecule has 0 bridgehead atoms. The van der Waals surface area contributed by atoms with Crippen LogP contribution in [-0.2, 0) is 0 Å². The van der Waals surface area contributed by atoms with Gasteiger partial charge in [0.2, 0.25) is 0 Å². The van der Waals surface area contributed by atoms with Crippen LogP contribution in [0.3, 0.4) is 0 Å². The quantitative estimate of drug-likeness (QED) is 0.249. The van der Waals surface area contributed by atoms with Crippen LogP contribution >= 0.6 is 0 Å². The Morgan fingerprint density at radius 1 is 0.682 bits per heavy atom. The molecule has 0 saturated carbocycles. The zero-order chi connectivity index (χ0) is 16.5. The van der Waals surface area contributed by atoms with Crippen LogP contribution < -0.4 is 11.5 Å². The third-order valence-corrected chi connectivity index (χ3v) is 3.13. The monoisotopic (exact) mass is 308 g/mol. The van der Waals surface area contributed by atoms with E-state index in [0.717, 1.165) is 25.7 Å². The van der Waals surface area contributed by atoms with E-state index in [0.29, 0.717) is 0 Å². The molecule has 0 heterocycles. The van der Waals surface area contributed by atoms with Crippen molar-refractivity contribution in [1.29, 1.82) is 0 Å². The number of rotatable bonds is 12. The second-order valence-electron chi connectivity index (χ2n) is 5.27. The summed E-state index contributed by atoms with van der Waals surface area (Å²) in [6.45, 7) is 4.38. The van der Waals surface area contributed by atoms with Crippen molar-refractivity contribution in [1.82, 2.24) is 0 Å². The van der Waals surface area contributed by atoms with Crippen LogP contribution in [0.25, 0.3) is 0 Å². The van der Waals surface area contributed by atoms with Gasteiger partial charge in [0.1, 0.15) is 0 Å². The summed E-state index contributed by atoms with van der Waals surface area (Å²) in [4.78, 5) is 0. The Hall–Kier alpha value is -1.72. The predicted molar refractivity (Wildman–Crippen MR) is 97.7 cm³/mol. The molecule has 0 aliphatic rings. The third kappa shape index (κ3) is 13.3. The SMILES string of the molecule is CCCCCC/C=N\N=C(N)C(N)=N/N=C/CCCCCC. The fraction of sp³-hybridized carbons (Fsp3) is 0.750. The Labute approximate surface area is 134 Å². The summed E-state index contributed by atoms with van der Waals surface area (Å²) >= 11 is 0. The van der Waals surface area contributed by atoms with E-state index < -0.39 is 0 Å². The molecule has 6 nitrogen and oxygen atoms in total. The minimum atomic E-state index is 0.105. The van der Waals surface area contributed by atoms with E-state index in [1.165, 1.54) is 38.5 Å². The number of unbranched alkanes of at least 4 members (excludes halogenated alkanes) is 8. The smallest absolute Gasteiger partial charge is 0.190 e. The van der Waals surface area contributed by atoms with Gasteiger partial charge in [0, 0.05) is 12.4 Å². The van der Waals surface area contributed by atoms with E-state index in [9.17, 15) is 0 Å². The Kier molecular flexibility index (Phi) is 14.4. The summed E-state index contributed by atoms with van der Waals surface area (Å²) in [5.41, 5.74) is 11.3. The van der Waals surface area contributed by atoms with Gasteiger partial charge in [0.05, 0.1) is 0 Å². The van der Waals surface area contributed by atoms with Gasteiger partial charge in [-0.1, -0.05) is 52.4 Å². The second-order valence-corrected chi connectivity index (χ2v) is 5.27. The van der Waals surface area contributed by atoms with Crippen molar-refractivity contribution in [3.05, 3.63) is 0 Å². The first-order valence-corrected chi connectivity index (χ1v) is 8.42. The van der Waals surface area contributed by atoms with E-state index in [4.69, 9.17) is 11.5 Å². The maximum atomic E-state index is 5.67. The number of nitrogens with two attached hydrogens (primary N) is 2. The zero-order valence-corrected chi connectivity index (χ0v) is 14.2. The Balaban J connectivity index is 3.93. The highest BCUT2D eigenvalue weighted by Crippen LogP contribution is 2.01. The van der Waals surface area contributed by atoms with Crippen LogP contribution in [0.15, 0.2) is 20.4 Å². The molecule has 4 N–H and O–H groups in total. The van der Waals surface area contributed by atoms with Gasteiger partial charge in [-0.15, -0.1) is 10.2 Å². The average Bonchev–Trinajstić information content (AvgIpc) is 2.52. The van der Waals surface area contributed by atoms with Crippen molar-refractivity contribution in [2.24, 2.45) is 31.9 Å². The maximum Gasteiger partial charge on any atom is 0.190 e. The first kappa shape index (κ1) is 20.3. The minimum absolute atomic E-state index is 0.105.